The van der Waals surface area contributed by atoms with Gasteiger partial charge in [-0.1, -0.05) is 6.07 Å². The number of primary amides is 1. The summed E-state index contributed by atoms with van der Waals surface area (Å²) in [6.07, 6.45) is 1.16. The lowest BCUT2D eigenvalue weighted by atomic mass is 9.85. The van der Waals surface area contributed by atoms with Crippen LogP contribution < -0.4 is 26.1 Å². The third kappa shape index (κ3) is 3.14. The van der Waals surface area contributed by atoms with Crippen LogP contribution in [0.4, 0.5) is 0 Å². The number of nitrogens with two attached hydrogens (primary N) is 1. The monoisotopic (exact) mass is 346 g/mol. The van der Waals surface area contributed by atoms with Gasteiger partial charge in [-0.3, -0.25) is 15.0 Å². The highest BCUT2D eigenvalue weighted by atomic mass is 16.7. The number of amides is 2. The Morgan fingerprint density at radius 1 is 1.20 bits per heavy atom. The van der Waals surface area contributed by atoms with Gasteiger partial charge >= 0.3 is 0 Å². The van der Waals surface area contributed by atoms with E-state index in [1.54, 1.807) is 0 Å². The van der Waals surface area contributed by atoms with E-state index in [4.69, 9.17) is 15.2 Å². The van der Waals surface area contributed by atoms with Crippen molar-refractivity contribution in [2.45, 2.75) is 31.3 Å². The standard InChI is InChI=1S/C17H22N4O4/c18-15(22)3-4-16(23)21-6-5-12-11(8-21)17(20-19-12)10-1-2-13-14(7-10)25-9-24-13/h1-2,7,11-12,17,19-20H,3-6,8-9H2,(H2,18,22). The molecule has 3 unspecified atom stereocenters. The first-order valence-corrected chi connectivity index (χ1v) is 8.58. The second-order valence-electron chi connectivity index (χ2n) is 6.74. The Bertz CT molecular complexity index is 695. The number of fused-ring (bicyclic) bond motifs is 2. The molecule has 3 aliphatic rings. The number of carbonyl (C=O) groups excluding carboxylic acids is 2. The predicted molar refractivity (Wildman–Crippen MR) is 88.5 cm³/mol. The van der Waals surface area contributed by atoms with Crippen molar-refractivity contribution >= 4 is 11.8 Å². The quantitative estimate of drug-likeness (QED) is 0.711. The molecule has 8 heteroatoms. The Kier molecular flexibility index (Phi) is 4.22. The van der Waals surface area contributed by atoms with Gasteiger partial charge in [0.1, 0.15) is 0 Å². The summed E-state index contributed by atoms with van der Waals surface area (Å²) in [5, 5.41) is 0. The number of benzene rings is 1. The highest BCUT2D eigenvalue weighted by Gasteiger charge is 2.41. The summed E-state index contributed by atoms with van der Waals surface area (Å²) < 4.78 is 10.8. The number of hydrogen-bond donors (Lipinski definition) is 3. The Hall–Kier alpha value is -2.32. The second kappa shape index (κ2) is 6.53. The fourth-order valence-corrected chi connectivity index (χ4v) is 3.85. The first kappa shape index (κ1) is 16.2. The summed E-state index contributed by atoms with van der Waals surface area (Å²) in [7, 11) is 0. The van der Waals surface area contributed by atoms with E-state index in [0.29, 0.717) is 19.1 Å². The molecule has 134 valence electrons. The first-order valence-electron chi connectivity index (χ1n) is 8.58. The maximum absolute atomic E-state index is 12.3. The Labute approximate surface area is 145 Å². The van der Waals surface area contributed by atoms with Crippen molar-refractivity contribution in [2.75, 3.05) is 19.9 Å². The number of hydrogen-bond acceptors (Lipinski definition) is 6. The van der Waals surface area contributed by atoms with Crippen molar-refractivity contribution in [3.8, 4) is 11.5 Å². The molecule has 1 aromatic rings. The van der Waals surface area contributed by atoms with Crippen LogP contribution in [0.5, 0.6) is 11.5 Å². The highest BCUT2D eigenvalue weighted by Crippen LogP contribution is 2.39. The van der Waals surface area contributed by atoms with E-state index in [1.807, 2.05) is 23.1 Å². The number of hydrazine groups is 1. The smallest absolute Gasteiger partial charge is 0.231 e. The Balaban J connectivity index is 1.47. The van der Waals surface area contributed by atoms with E-state index < -0.39 is 5.91 Å². The van der Waals surface area contributed by atoms with Crippen LogP contribution in [0.2, 0.25) is 0 Å². The summed E-state index contributed by atoms with van der Waals surface area (Å²) in [5.74, 6) is 1.33. The average Bonchev–Trinajstić information content (AvgIpc) is 3.24. The summed E-state index contributed by atoms with van der Waals surface area (Å²) in [4.78, 5) is 25.1. The lowest BCUT2D eigenvalue weighted by Crippen LogP contribution is -2.47. The van der Waals surface area contributed by atoms with Crippen LogP contribution in [0.15, 0.2) is 18.2 Å². The SMILES string of the molecule is NC(=O)CCC(=O)N1CCC2NNC(c3ccc4c(c3)OCO4)C2C1. The molecule has 4 N–H and O–H groups in total. The van der Waals surface area contributed by atoms with E-state index in [1.165, 1.54) is 0 Å². The summed E-state index contributed by atoms with van der Waals surface area (Å²) in [5.41, 5.74) is 13.0. The molecular formula is C17H22N4O4. The molecule has 2 saturated heterocycles. The zero-order valence-electron chi connectivity index (χ0n) is 13.9. The van der Waals surface area contributed by atoms with E-state index in [2.05, 4.69) is 10.9 Å². The molecule has 0 bridgehead atoms. The molecule has 2 amide bonds. The van der Waals surface area contributed by atoms with Gasteiger partial charge in [0.25, 0.3) is 0 Å². The van der Waals surface area contributed by atoms with Crippen molar-refractivity contribution in [1.82, 2.24) is 15.8 Å². The summed E-state index contributed by atoms with van der Waals surface area (Å²) >= 11 is 0. The molecule has 4 rings (SSSR count). The molecule has 0 aromatic heterocycles. The Morgan fingerprint density at radius 3 is 2.88 bits per heavy atom. The van der Waals surface area contributed by atoms with Crippen molar-refractivity contribution in [3.63, 3.8) is 0 Å². The van der Waals surface area contributed by atoms with Crippen LogP contribution in [-0.4, -0.2) is 42.6 Å². The lowest BCUT2D eigenvalue weighted by molar-refractivity contribution is -0.134. The molecule has 3 heterocycles. The number of likely N-dealkylation sites (tertiary alicyclic amines) is 1. The summed E-state index contributed by atoms with van der Waals surface area (Å²) in [6, 6.07) is 6.36. The third-order valence-corrected chi connectivity index (χ3v) is 5.20. The zero-order valence-corrected chi connectivity index (χ0v) is 13.9. The van der Waals surface area contributed by atoms with Gasteiger partial charge in [0, 0.05) is 37.9 Å². The molecule has 0 aliphatic carbocycles. The second-order valence-corrected chi connectivity index (χ2v) is 6.74. The lowest BCUT2D eigenvalue weighted by Gasteiger charge is -2.36. The third-order valence-electron chi connectivity index (χ3n) is 5.20. The van der Waals surface area contributed by atoms with Crippen molar-refractivity contribution < 1.29 is 19.1 Å². The fourth-order valence-electron chi connectivity index (χ4n) is 3.85. The number of carbonyl (C=O) groups is 2. The number of piperidine rings is 1. The maximum Gasteiger partial charge on any atom is 0.231 e. The van der Waals surface area contributed by atoms with Crippen LogP contribution in [0.1, 0.15) is 30.9 Å². The van der Waals surface area contributed by atoms with E-state index in [0.717, 1.165) is 23.5 Å². The molecule has 3 aliphatic heterocycles. The van der Waals surface area contributed by atoms with Crippen molar-refractivity contribution in [2.24, 2.45) is 11.7 Å². The van der Waals surface area contributed by atoms with Gasteiger partial charge in [-0.2, -0.15) is 0 Å². The molecule has 2 fully saturated rings. The van der Waals surface area contributed by atoms with E-state index in [9.17, 15) is 9.59 Å². The van der Waals surface area contributed by atoms with E-state index >= 15 is 0 Å². The number of nitrogens with zero attached hydrogens (tertiary/aromatic N) is 1. The van der Waals surface area contributed by atoms with Crippen molar-refractivity contribution in [1.29, 1.82) is 0 Å². The predicted octanol–water partition coefficient (Wildman–Crippen LogP) is 0.0468. The number of rotatable bonds is 4. The van der Waals surface area contributed by atoms with Gasteiger partial charge in [-0.25, -0.2) is 5.43 Å². The minimum atomic E-state index is -0.439. The molecule has 1 aromatic carbocycles. The molecule has 25 heavy (non-hydrogen) atoms. The van der Waals surface area contributed by atoms with Crippen molar-refractivity contribution in [3.05, 3.63) is 23.8 Å². The Morgan fingerprint density at radius 2 is 2.04 bits per heavy atom. The minimum Gasteiger partial charge on any atom is -0.454 e. The van der Waals surface area contributed by atoms with Crippen LogP contribution in [0, 0.1) is 5.92 Å². The van der Waals surface area contributed by atoms with Crippen LogP contribution >= 0.6 is 0 Å². The number of ether oxygens (including phenoxy) is 2. The van der Waals surface area contributed by atoms with Gasteiger partial charge in [0.05, 0.1) is 6.04 Å². The first-order chi connectivity index (χ1) is 12.1. The molecule has 0 spiro atoms. The van der Waals surface area contributed by atoms with Gasteiger partial charge in [-0.15, -0.1) is 0 Å². The molecule has 0 radical (unpaired) electrons. The summed E-state index contributed by atoms with van der Waals surface area (Å²) in [6.45, 7) is 1.60. The van der Waals surface area contributed by atoms with Gasteiger partial charge < -0.3 is 20.1 Å². The normalized spacial score (nSPS) is 27.2. The largest absolute Gasteiger partial charge is 0.454 e. The minimum absolute atomic E-state index is 0.00594. The number of nitrogens with one attached hydrogen (secondary N) is 2. The maximum atomic E-state index is 12.3. The molecule has 3 atom stereocenters. The van der Waals surface area contributed by atoms with E-state index in [-0.39, 0.29) is 37.5 Å². The highest BCUT2D eigenvalue weighted by molar-refractivity contribution is 5.83. The average molecular weight is 346 g/mol. The van der Waals surface area contributed by atoms with Crippen LogP contribution in [-0.2, 0) is 9.59 Å². The topological polar surface area (TPSA) is 106 Å². The van der Waals surface area contributed by atoms with Crippen LogP contribution in [0.25, 0.3) is 0 Å². The molecular weight excluding hydrogens is 324 g/mol. The molecule has 8 nitrogen and oxygen atoms in total. The fraction of sp³-hybridized carbons (Fsp3) is 0.529. The van der Waals surface area contributed by atoms with Gasteiger partial charge in [0.2, 0.25) is 18.6 Å². The van der Waals surface area contributed by atoms with Crippen LogP contribution in [0.3, 0.4) is 0 Å². The zero-order chi connectivity index (χ0) is 17.4. The molecule has 0 saturated carbocycles. The van der Waals surface area contributed by atoms with Gasteiger partial charge in [0.15, 0.2) is 11.5 Å². The van der Waals surface area contributed by atoms with Gasteiger partial charge in [-0.05, 0) is 24.1 Å².